The lowest BCUT2D eigenvalue weighted by Gasteiger charge is -2.25. The Kier molecular flexibility index (Phi) is 6.68. The van der Waals surface area contributed by atoms with Crippen molar-refractivity contribution in [2.24, 2.45) is 0 Å². The summed E-state index contributed by atoms with van der Waals surface area (Å²) >= 11 is 3.33. The average Bonchev–Trinajstić information content (AvgIpc) is 2.38. The topological polar surface area (TPSA) is 75.6 Å². The lowest BCUT2D eigenvalue weighted by molar-refractivity contribution is -0.137. The van der Waals surface area contributed by atoms with E-state index in [2.05, 4.69) is 21.2 Å². The van der Waals surface area contributed by atoms with Gasteiger partial charge in [0.05, 0.1) is 13.0 Å². The summed E-state index contributed by atoms with van der Waals surface area (Å²) < 4.78 is 6.43. The van der Waals surface area contributed by atoms with E-state index in [-0.39, 0.29) is 25.4 Å². The van der Waals surface area contributed by atoms with Gasteiger partial charge in [0.1, 0.15) is 5.75 Å². The molecule has 0 aliphatic heterocycles. The third-order valence-corrected chi connectivity index (χ3v) is 3.38. The van der Waals surface area contributed by atoms with Gasteiger partial charge in [-0.3, -0.25) is 9.59 Å². The maximum Gasteiger partial charge on any atom is 0.303 e. The Bertz CT molecular complexity index is 485. The molecule has 2 N–H and O–H groups in total. The van der Waals surface area contributed by atoms with E-state index in [1.165, 1.54) is 0 Å². The van der Waals surface area contributed by atoms with Gasteiger partial charge in [-0.15, -0.1) is 0 Å². The molecule has 0 aliphatic carbocycles. The van der Waals surface area contributed by atoms with Crippen LogP contribution in [0.2, 0.25) is 0 Å². The standard InChI is InChI=1S/C15H20BrNO4/c1-15(2,9-7-14(19)20)17-13(18)8-10-21-12-5-3-11(16)4-6-12/h3-6H,7-10H2,1-2H3,(H,17,18)(H,19,20). The van der Waals surface area contributed by atoms with E-state index in [1.54, 1.807) is 0 Å². The van der Waals surface area contributed by atoms with Gasteiger partial charge in [-0.2, -0.15) is 0 Å². The number of aliphatic carboxylic acids is 1. The zero-order chi connectivity index (χ0) is 15.9. The number of carboxylic acids is 1. The summed E-state index contributed by atoms with van der Waals surface area (Å²) in [5.74, 6) is -0.311. The van der Waals surface area contributed by atoms with Crippen LogP contribution in [0.5, 0.6) is 5.75 Å². The first-order valence-electron chi connectivity index (χ1n) is 6.70. The number of hydrogen-bond donors (Lipinski definition) is 2. The van der Waals surface area contributed by atoms with E-state index >= 15 is 0 Å². The van der Waals surface area contributed by atoms with Crippen LogP contribution in [0.25, 0.3) is 0 Å². The van der Waals surface area contributed by atoms with Crippen molar-refractivity contribution in [3.05, 3.63) is 28.7 Å². The SMILES string of the molecule is CC(C)(CCC(=O)O)NC(=O)CCOc1ccc(Br)cc1. The quantitative estimate of drug-likeness (QED) is 0.749. The van der Waals surface area contributed by atoms with Gasteiger partial charge < -0.3 is 15.2 Å². The van der Waals surface area contributed by atoms with Crippen molar-refractivity contribution in [1.29, 1.82) is 0 Å². The number of ether oxygens (including phenoxy) is 1. The van der Waals surface area contributed by atoms with Gasteiger partial charge in [-0.25, -0.2) is 0 Å². The Morgan fingerprint density at radius 2 is 1.86 bits per heavy atom. The third-order valence-electron chi connectivity index (χ3n) is 2.85. The fourth-order valence-electron chi connectivity index (χ4n) is 1.71. The second kappa shape index (κ2) is 8.02. The zero-order valence-electron chi connectivity index (χ0n) is 12.2. The van der Waals surface area contributed by atoms with E-state index in [0.717, 1.165) is 4.47 Å². The molecular weight excluding hydrogens is 338 g/mol. The minimum Gasteiger partial charge on any atom is -0.493 e. The maximum atomic E-state index is 11.8. The fourth-order valence-corrected chi connectivity index (χ4v) is 1.98. The van der Waals surface area contributed by atoms with Crippen LogP contribution in [0.4, 0.5) is 0 Å². The average molecular weight is 358 g/mol. The van der Waals surface area contributed by atoms with E-state index in [4.69, 9.17) is 9.84 Å². The number of amides is 1. The number of hydrogen-bond acceptors (Lipinski definition) is 3. The molecule has 0 spiro atoms. The molecule has 1 aromatic rings. The molecule has 1 aromatic carbocycles. The molecular formula is C15H20BrNO4. The fraction of sp³-hybridized carbons (Fsp3) is 0.467. The molecule has 0 unspecified atom stereocenters. The van der Waals surface area contributed by atoms with Gasteiger partial charge in [0.2, 0.25) is 5.91 Å². The predicted octanol–water partition coefficient (Wildman–Crippen LogP) is 2.98. The van der Waals surface area contributed by atoms with Gasteiger partial charge in [0.15, 0.2) is 0 Å². The Morgan fingerprint density at radius 3 is 2.43 bits per heavy atom. The molecule has 0 atom stereocenters. The van der Waals surface area contributed by atoms with E-state index in [0.29, 0.717) is 12.2 Å². The molecule has 116 valence electrons. The number of halogens is 1. The molecule has 0 bridgehead atoms. The first-order valence-corrected chi connectivity index (χ1v) is 7.49. The van der Waals surface area contributed by atoms with Crippen LogP contribution in [0.3, 0.4) is 0 Å². The minimum atomic E-state index is -0.865. The lowest BCUT2D eigenvalue weighted by atomic mass is 9.98. The van der Waals surface area contributed by atoms with Crippen LogP contribution in [0.1, 0.15) is 33.1 Å². The number of benzene rings is 1. The monoisotopic (exact) mass is 357 g/mol. The largest absolute Gasteiger partial charge is 0.493 e. The summed E-state index contributed by atoms with van der Waals surface area (Å²) in [5, 5.41) is 11.5. The van der Waals surface area contributed by atoms with Crippen molar-refractivity contribution < 1.29 is 19.4 Å². The number of nitrogens with one attached hydrogen (secondary N) is 1. The van der Waals surface area contributed by atoms with E-state index < -0.39 is 11.5 Å². The van der Waals surface area contributed by atoms with Crippen molar-refractivity contribution in [3.63, 3.8) is 0 Å². The molecule has 5 nitrogen and oxygen atoms in total. The summed E-state index contributed by atoms with van der Waals surface area (Å²) in [5.41, 5.74) is -0.535. The highest BCUT2D eigenvalue weighted by atomic mass is 79.9. The molecule has 0 fully saturated rings. The van der Waals surface area contributed by atoms with E-state index in [1.807, 2.05) is 38.1 Å². The summed E-state index contributed by atoms with van der Waals surface area (Å²) in [4.78, 5) is 22.4. The molecule has 6 heteroatoms. The minimum absolute atomic E-state index is 0.0304. The van der Waals surface area contributed by atoms with Crippen LogP contribution < -0.4 is 10.1 Å². The molecule has 0 saturated carbocycles. The molecule has 0 aromatic heterocycles. The molecule has 0 saturated heterocycles. The van der Waals surface area contributed by atoms with Gasteiger partial charge in [-0.1, -0.05) is 15.9 Å². The Labute approximate surface area is 132 Å². The van der Waals surface area contributed by atoms with Crippen molar-refractivity contribution >= 4 is 27.8 Å². The second-order valence-corrected chi connectivity index (χ2v) is 6.29. The summed E-state index contributed by atoms with van der Waals surface area (Å²) in [7, 11) is 0. The second-order valence-electron chi connectivity index (χ2n) is 5.38. The van der Waals surface area contributed by atoms with Crippen molar-refractivity contribution in [3.8, 4) is 5.75 Å². The van der Waals surface area contributed by atoms with E-state index in [9.17, 15) is 9.59 Å². The lowest BCUT2D eigenvalue weighted by Crippen LogP contribution is -2.44. The van der Waals surface area contributed by atoms with Gasteiger partial charge in [0.25, 0.3) is 0 Å². The molecule has 0 heterocycles. The third kappa shape index (κ3) is 7.70. The van der Waals surface area contributed by atoms with Crippen LogP contribution in [-0.2, 0) is 9.59 Å². The highest BCUT2D eigenvalue weighted by Gasteiger charge is 2.21. The summed E-state index contributed by atoms with van der Waals surface area (Å²) in [6.07, 6.45) is 0.650. The Morgan fingerprint density at radius 1 is 1.24 bits per heavy atom. The number of rotatable bonds is 8. The molecule has 0 radical (unpaired) electrons. The highest BCUT2D eigenvalue weighted by molar-refractivity contribution is 9.10. The zero-order valence-corrected chi connectivity index (χ0v) is 13.8. The predicted molar refractivity (Wildman–Crippen MR) is 83.3 cm³/mol. The van der Waals surface area contributed by atoms with Crippen LogP contribution in [0.15, 0.2) is 28.7 Å². The number of carbonyl (C=O) groups excluding carboxylic acids is 1. The van der Waals surface area contributed by atoms with Gasteiger partial charge >= 0.3 is 5.97 Å². The summed E-state index contributed by atoms with van der Waals surface area (Å²) in [6.45, 7) is 3.90. The van der Waals surface area contributed by atoms with Crippen molar-refractivity contribution in [2.45, 2.75) is 38.6 Å². The van der Waals surface area contributed by atoms with Crippen LogP contribution in [-0.4, -0.2) is 29.1 Å². The normalized spacial score (nSPS) is 11.0. The first kappa shape index (κ1) is 17.5. The Hall–Kier alpha value is -1.56. The highest BCUT2D eigenvalue weighted by Crippen LogP contribution is 2.16. The van der Waals surface area contributed by atoms with Crippen LogP contribution >= 0.6 is 15.9 Å². The molecule has 21 heavy (non-hydrogen) atoms. The van der Waals surface area contributed by atoms with Crippen molar-refractivity contribution in [2.75, 3.05) is 6.61 Å². The number of carbonyl (C=O) groups is 2. The smallest absolute Gasteiger partial charge is 0.303 e. The molecule has 0 aliphatic rings. The Balaban J connectivity index is 2.30. The number of carboxylic acid groups (broad SMARTS) is 1. The molecule has 1 rings (SSSR count). The molecule has 1 amide bonds. The first-order chi connectivity index (χ1) is 9.78. The van der Waals surface area contributed by atoms with Gasteiger partial charge in [-0.05, 0) is 44.5 Å². The van der Waals surface area contributed by atoms with Crippen molar-refractivity contribution in [1.82, 2.24) is 5.32 Å². The summed E-state index contributed by atoms with van der Waals surface area (Å²) in [6, 6.07) is 7.37. The maximum absolute atomic E-state index is 11.8. The van der Waals surface area contributed by atoms with Gasteiger partial charge in [0, 0.05) is 16.4 Å². The van der Waals surface area contributed by atoms with Crippen LogP contribution in [0, 0.1) is 0 Å².